The number of hydrogen-bond acceptors (Lipinski definition) is 4. The molecular formula is C13H19ClN4O2. The van der Waals surface area contributed by atoms with Gasteiger partial charge >= 0.3 is 0 Å². The number of halogens is 1. The number of carbonyl (C=O) groups is 2. The molecule has 7 heteroatoms. The van der Waals surface area contributed by atoms with Crippen LogP contribution < -0.4 is 16.4 Å². The van der Waals surface area contributed by atoms with Crippen molar-refractivity contribution in [2.75, 3.05) is 6.54 Å². The van der Waals surface area contributed by atoms with Gasteiger partial charge in [0.2, 0.25) is 5.91 Å². The second-order valence-corrected chi connectivity index (χ2v) is 4.55. The predicted octanol–water partition coefficient (Wildman–Crippen LogP) is 0.361. The molecule has 0 radical (unpaired) electrons. The minimum absolute atomic E-state index is 0. The monoisotopic (exact) mass is 298 g/mol. The average molecular weight is 299 g/mol. The number of nitrogens with two attached hydrogens (primary N) is 1. The Morgan fingerprint density at radius 1 is 1.50 bits per heavy atom. The highest BCUT2D eigenvalue weighted by Gasteiger charge is 2.22. The summed E-state index contributed by atoms with van der Waals surface area (Å²) in [5.74, 6) is -0.377. The van der Waals surface area contributed by atoms with Gasteiger partial charge in [0.1, 0.15) is 6.04 Å². The summed E-state index contributed by atoms with van der Waals surface area (Å²) < 4.78 is 0. The molecule has 0 bridgehead atoms. The summed E-state index contributed by atoms with van der Waals surface area (Å²) in [6.45, 7) is 0.961. The molecular weight excluding hydrogens is 280 g/mol. The number of nitrogens with zero attached hydrogens (tertiary/aromatic N) is 1. The van der Waals surface area contributed by atoms with Gasteiger partial charge in [0, 0.05) is 24.8 Å². The van der Waals surface area contributed by atoms with Gasteiger partial charge in [-0.05, 0) is 31.4 Å². The lowest BCUT2D eigenvalue weighted by Gasteiger charge is -2.15. The zero-order valence-electron chi connectivity index (χ0n) is 11.1. The molecule has 2 rings (SSSR count). The maximum absolute atomic E-state index is 12.1. The first-order valence-electron chi connectivity index (χ1n) is 6.44. The summed E-state index contributed by atoms with van der Waals surface area (Å²) in [7, 11) is 0. The van der Waals surface area contributed by atoms with Crippen LogP contribution in [0.25, 0.3) is 0 Å². The van der Waals surface area contributed by atoms with E-state index >= 15 is 0 Å². The van der Waals surface area contributed by atoms with E-state index in [0.29, 0.717) is 24.2 Å². The van der Waals surface area contributed by atoms with Crippen molar-refractivity contribution in [1.82, 2.24) is 15.6 Å². The smallest absolute Gasteiger partial charge is 0.252 e. The molecule has 1 fully saturated rings. The number of amides is 2. The molecule has 110 valence electrons. The number of carbonyl (C=O) groups excluding carboxylic acids is 2. The fourth-order valence-corrected chi connectivity index (χ4v) is 2.05. The lowest BCUT2D eigenvalue weighted by molar-refractivity contribution is -0.122. The van der Waals surface area contributed by atoms with Crippen LogP contribution in [0.2, 0.25) is 0 Å². The summed E-state index contributed by atoms with van der Waals surface area (Å²) in [6.07, 6.45) is 4.09. The quantitative estimate of drug-likeness (QED) is 0.750. The van der Waals surface area contributed by atoms with Crippen LogP contribution in [0, 0.1) is 0 Å². The van der Waals surface area contributed by atoms with Gasteiger partial charge in [-0.2, -0.15) is 0 Å². The van der Waals surface area contributed by atoms with Gasteiger partial charge in [0.05, 0.1) is 5.69 Å². The first kappa shape index (κ1) is 16.4. The van der Waals surface area contributed by atoms with Crippen molar-refractivity contribution in [2.24, 2.45) is 5.73 Å². The maximum Gasteiger partial charge on any atom is 0.252 e. The molecule has 1 aliphatic rings. The number of rotatable bonds is 3. The topological polar surface area (TPSA) is 97.1 Å². The molecule has 0 aromatic carbocycles. The summed E-state index contributed by atoms with van der Waals surface area (Å²) in [5, 5.41) is 5.54. The fourth-order valence-electron chi connectivity index (χ4n) is 2.05. The van der Waals surface area contributed by atoms with Crippen LogP contribution in [0.3, 0.4) is 0 Å². The van der Waals surface area contributed by atoms with Gasteiger partial charge in [0.25, 0.3) is 5.91 Å². The van der Waals surface area contributed by atoms with Gasteiger partial charge in [-0.3, -0.25) is 14.6 Å². The third-order valence-corrected chi connectivity index (χ3v) is 3.13. The Hall–Kier alpha value is -1.66. The standard InChI is InChI=1S/C13H18N4O2.ClH/c14-8-10-7-9(4-6-15-10)12(18)17-11-3-1-2-5-16-13(11)19;/h4,6-7,11H,1-3,5,8,14H2,(H,16,19)(H,17,18);1H. The van der Waals surface area contributed by atoms with Gasteiger partial charge in [0.15, 0.2) is 0 Å². The van der Waals surface area contributed by atoms with E-state index in [2.05, 4.69) is 15.6 Å². The summed E-state index contributed by atoms with van der Waals surface area (Å²) in [5.41, 5.74) is 6.62. The average Bonchev–Trinajstić information content (AvgIpc) is 2.64. The van der Waals surface area contributed by atoms with Crippen LogP contribution in [-0.2, 0) is 11.3 Å². The molecule has 1 atom stereocenters. The van der Waals surface area contributed by atoms with E-state index in [4.69, 9.17) is 5.73 Å². The summed E-state index contributed by atoms with van der Waals surface area (Å²) in [4.78, 5) is 27.9. The predicted molar refractivity (Wildman–Crippen MR) is 77.5 cm³/mol. The molecule has 0 saturated carbocycles. The lowest BCUT2D eigenvalue weighted by Crippen LogP contribution is -2.45. The molecule has 1 aromatic heterocycles. The van der Waals surface area contributed by atoms with E-state index in [0.717, 1.165) is 12.8 Å². The molecule has 20 heavy (non-hydrogen) atoms. The molecule has 1 aliphatic heterocycles. The Bertz CT molecular complexity index is 481. The first-order valence-corrected chi connectivity index (χ1v) is 6.44. The number of pyridine rings is 1. The SMILES string of the molecule is Cl.NCc1cc(C(=O)NC2CCCCNC2=O)ccn1. The van der Waals surface area contributed by atoms with E-state index in [1.165, 1.54) is 0 Å². The minimum Gasteiger partial charge on any atom is -0.354 e. The van der Waals surface area contributed by atoms with Crippen molar-refractivity contribution < 1.29 is 9.59 Å². The molecule has 0 aliphatic carbocycles. The maximum atomic E-state index is 12.1. The molecule has 1 saturated heterocycles. The van der Waals surface area contributed by atoms with Crippen LogP contribution in [0.1, 0.15) is 35.3 Å². The van der Waals surface area contributed by atoms with Crippen LogP contribution in [0.4, 0.5) is 0 Å². The second-order valence-electron chi connectivity index (χ2n) is 4.55. The van der Waals surface area contributed by atoms with Crippen molar-refractivity contribution >= 4 is 24.2 Å². The molecule has 0 spiro atoms. The van der Waals surface area contributed by atoms with Gasteiger partial charge in [-0.25, -0.2) is 0 Å². The zero-order valence-corrected chi connectivity index (χ0v) is 11.9. The van der Waals surface area contributed by atoms with Crippen molar-refractivity contribution in [3.05, 3.63) is 29.6 Å². The lowest BCUT2D eigenvalue weighted by atomic mass is 10.1. The molecule has 4 N–H and O–H groups in total. The third-order valence-electron chi connectivity index (χ3n) is 3.13. The van der Waals surface area contributed by atoms with Crippen LogP contribution in [-0.4, -0.2) is 29.4 Å². The van der Waals surface area contributed by atoms with E-state index in [1.807, 2.05) is 0 Å². The van der Waals surface area contributed by atoms with Crippen LogP contribution >= 0.6 is 12.4 Å². The van der Waals surface area contributed by atoms with Crippen LogP contribution in [0.5, 0.6) is 0 Å². The first-order chi connectivity index (χ1) is 9.20. The fraction of sp³-hybridized carbons (Fsp3) is 0.462. The zero-order chi connectivity index (χ0) is 13.7. The second kappa shape index (κ2) is 7.81. The van der Waals surface area contributed by atoms with Gasteiger partial charge in [-0.15, -0.1) is 12.4 Å². The number of aromatic nitrogens is 1. The third kappa shape index (κ3) is 4.18. The normalized spacial score (nSPS) is 18.4. The highest BCUT2D eigenvalue weighted by Crippen LogP contribution is 2.07. The summed E-state index contributed by atoms with van der Waals surface area (Å²) in [6, 6.07) is 2.80. The Balaban J connectivity index is 0.00000200. The highest BCUT2D eigenvalue weighted by molar-refractivity contribution is 5.97. The minimum atomic E-state index is -0.454. The number of hydrogen-bond donors (Lipinski definition) is 3. The Kier molecular flexibility index (Phi) is 6.41. The van der Waals surface area contributed by atoms with Crippen molar-refractivity contribution in [3.8, 4) is 0 Å². The van der Waals surface area contributed by atoms with E-state index in [1.54, 1.807) is 18.3 Å². The van der Waals surface area contributed by atoms with Gasteiger partial charge in [-0.1, -0.05) is 0 Å². The van der Waals surface area contributed by atoms with E-state index in [9.17, 15) is 9.59 Å². The van der Waals surface area contributed by atoms with Crippen LogP contribution in [0.15, 0.2) is 18.3 Å². The molecule has 6 nitrogen and oxygen atoms in total. The Morgan fingerprint density at radius 2 is 2.30 bits per heavy atom. The molecule has 1 aromatic rings. The largest absolute Gasteiger partial charge is 0.354 e. The van der Waals surface area contributed by atoms with Crippen molar-refractivity contribution in [2.45, 2.75) is 31.8 Å². The highest BCUT2D eigenvalue weighted by atomic mass is 35.5. The van der Waals surface area contributed by atoms with E-state index in [-0.39, 0.29) is 30.8 Å². The molecule has 2 amide bonds. The molecule has 1 unspecified atom stereocenters. The van der Waals surface area contributed by atoms with E-state index < -0.39 is 6.04 Å². The molecule has 2 heterocycles. The van der Waals surface area contributed by atoms with Crippen molar-refractivity contribution in [1.29, 1.82) is 0 Å². The Labute approximate surface area is 123 Å². The summed E-state index contributed by atoms with van der Waals surface area (Å²) >= 11 is 0. The Morgan fingerprint density at radius 3 is 3.05 bits per heavy atom. The van der Waals surface area contributed by atoms with Gasteiger partial charge < -0.3 is 16.4 Å². The number of nitrogens with one attached hydrogen (secondary N) is 2. The van der Waals surface area contributed by atoms with Crippen molar-refractivity contribution in [3.63, 3.8) is 0 Å².